The number of nitrogens with zero attached hydrogens (tertiary/aromatic N) is 3. The Balaban J connectivity index is 1.64. The number of hydrogen-bond acceptors (Lipinski definition) is 5. The van der Waals surface area contributed by atoms with Gasteiger partial charge in [0.1, 0.15) is 5.76 Å². The second-order valence-electron chi connectivity index (χ2n) is 6.07. The maximum absolute atomic E-state index is 12.3. The van der Waals surface area contributed by atoms with Crippen molar-refractivity contribution in [3.05, 3.63) is 52.9 Å². The molecule has 3 aromatic rings. The quantitative estimate of drug-likeness (QED) is 0.587. The third kappa shape index (κ3) is 4.54. The third-order valence-corrected chi connectivity index (χ3v) is 5.39. The van der Waals surface area contributed by atoms with Gasteiger partial charge in [0.2, 0.25) is 5.91 Å². The number of rotatable bonds is 7. The lowest BCUT2D eigenvalue weighted by molar-refractivity contribution is -0.119. The standard InChI is InChI=1S/C19H21ClN4O2S/c1-4-24-18(16-8-9-26-13(16)3)22-23-19(24)27-11-17(25)21-12(2)14-6-5-7-15(20)10-14/h5-10,12H,4,11H2,1-3H3,(H,21,25)/t12-/m1/s1. The molecule has 1 atom stereocenters. The normalized spacial score (nSPS) is 12.1. The highest BCUT2D eigenvalue weighted by Crippen LogP contribution is 2.27. The minimum atomic E-state index is -0.120. The first kappa shape index (κ1) is 19.5. The van der Waals surface area contributed by atoms with E-state index in [1.807, 2.05) is 55.7 Å². The molecule has 0 aliphatic heterocycles. The van der Waals surface area contributed by atoms with Crippen LogP contribution in [0.1, 0.15) is 31.2 Å². The molecule has 6 nitrogen and oxygen atoms in total. The number of hydrogen-bond donors (Lipinski definition) is 1. The lowest BCUT2D eigenvalue weighted by Gasteiger charge is -2.14. The highest BCUT2D eigenvalue weighted by atomic mass is 35.5. The molecule has 0 bridgehead atoms. The summed E-state index contributed by atoms with van der Waals surface area (Å²) in [6.07, 6.45) is 1.64. The number of carbonyl (C=O) groups is 1. The van der Waals surface area contributed by atoms with E-state index in [1.54, 1.807) is 6.26 Å². The maximum atomic E-state index is 12.3. The van der Waals surface area contributed by atoms with Crippen LogP contribution in [0.2, 0.25) is 5.02 Å². The van der Waals surface area contributed by atoms with E-state index in [9.17, 15) is 4.79 Å². The molecule has 0 radical (unpaired) electrons. The number of aryl methyl sites for hydroxylation is 1. The molecule has 3 rings (SSSR count). The Hall–Kier alpha value is -2.25. The molecule has 1 aromatic carbocycles. The van der Waals surface area contributed by atoms with Gasteiger partial charge in [-0.2, -0.15) is 0 Å². The molecule has 0 fully saturated rings. The predicted molar refractivity (Wildman–Crippen MR) is 107 cm³/mol. The molecule has 0 spiro atoms. The number of nitrogens with one attached hydrogen (secondary N) is 1. The van der Waals surface area contributed by atoms with Gasteiger partial charge >= 0.3 is 0 Å². The highest BCUT2D eigenvalue weighted by molar-refractivity contribution is 7.99. The molecule has 0 saturated carbocycles. The van der Waals surface area contributed by atoms with Crippen LogP contribution >= 0.6 is 23.4 Å². The number of benzene rings is 1. The SMILES string of the molecule is CCn1c(SCC(=O)N[C@H](C)c2cccc(Cl)c2)nnc1-c1ccoc1C. The van der Waals surface area contributed by atoms with Crippen molar-refractivity contribution in [2.75, 3.05) is 5.75 Å². The Bertz CT molecular complexity index is 937. The van der Waals surface area contributed by atoms with E-state index < -0.39 is 0 Å². The van der Waals surface area contributed by atoms with Gasteiger partial charge in [-0.15, -0.1) is 10.2 Å². The first-order chi connectivity index (χ1) is 13.0. The smallest absolute Gasteiger partial charge is 0.230 e. The Labute approximate surface area is 167 Å². The third-order valence-electron chi connectivity index (χ3n) is 4.19. The Morgan fingerprint density at radius 2 is 2.19 bits per heavy atom. The molecular formula is C19H21ClN4O2S. The number of furan rings is 1. The molecule has 8 heteroatoms. The topological polar surface area (TPSA) is 73.0 Å². The van der Waals surface area contributed by atoms with Gasteiger partial charge in [0.25, 0.3) is 0 Å². The maximum Gasteiger partial charge on any atom is 0.230 e. The lowest BCUT2D eigenvalue weighted by Crippen LogP contribution is -2.28. The lowest BCUT2D eigenvalue weighted by atomic mass is 10.1. The summed E-state index contributed by atoms with van der Waals surface area (Å²) in [5, 5.41) is 12.9. The second-order valence-corrected chi connectivity index (χ2v) is 7.45. The van der Waals surface area contributed by atoms with Crippen LogP contribution < -0.4 is 5.32 Å². The van der Waals surface area contributed by atoms with E-state index >= 15 is 0 Å². The van der Waals surface area contributed by atoms with E-state index in [2.05, 4.69) is 15.5 Å². The van der Waals surface area contributed by atoms with E-state index in [0.29, 0.717) is 16.7 Å². The molecule has 0 saturated heterocycles. The van der Waals surface area contributed by atoms with Crippen molar-refractivity contribution < 1.29 is 9.21 Å². The van der Waals surface area contributed by atoms with Gasteiger partial charge in [-0.25, -0.2) is 0 Å². The van der Waals surface area contributed by atoms with Crippen LogP contribution in [0.25, 0.3) is 11.4 Å². The van der Waals surface area contributed by atoms with Crippen LogP contribution in [0.4, 0.5) is 0 Å². The monoisotopic (exact) mass is 404 g/mol. The fraction of sp³-hybridized carbons (Fsp3) is 0.316. The van der Waals surface area contributed by atoms with E-state index in [4.69, 9.17) is 16.0 Å². The summed E-state index contributed by atoms with van der Waals surface area (Å²) in [6, 6.07) is 9.23. The van der Waals surface area contributed by atoms with Gasteiger partial charge < -0.3 is 14.3 Å². The van der Waals surface area contributed by atoms with Crippen molar-refractivity contribution in [3.63, 3.8) is 0 Å². The molecule has 0 unspecified atom stereocenters. The zero-order valence-corrected chi connectivity index (χ0v) is 17.0. The summed E-state index contributed by atoms with van der Waals surface area (Å²) in [6.45, 7) is 6.55. The van der Waals surface area contributed by atoms with Gasteiger partial charge in [-0.1, -0.05) is 35.5 Å². The van der Waals surface area contributed by atoms with Crippen molar-refractivity contribution in [1.29, 1.82) is 0 Å². The summed E-state index contributed by atoms with van der Waals surface area (Å²) in [7, 11) is 0. The predicted octanol–water partition coefficient (Wildman–Crippen LogP) is 4.49. The summed E-state index contributed by atoms with van der Waals surface area (Å²) in [5.74, 6) is 1.73. The number of thioether (sulfide) groups is 1. The van der Waals surface area contributed by atoms with Crippen LogP contribution in [0, 0.1) is 6.92 Å². The van der Waals surface area contributed by atoms with Crippen molar-refractivity contribution in [2.45, 2.75) is 38.5 Å². The van der Waals surface area contributed by atoms with Crippen molar-refractivity contribution in [1.82, 2.24) is 20.1 Å². The second kappa shape index (κ2) is 8.63. The van der Waals surface area contributed by atoms with Crippen molar-refractivity contribution >= 4 is 29.3 Å². The molecule has 2 heterocycles. The number of carbonyl (C=O) groups excluding carboxylic acids is 1. The molecular weight excluding hydrogens is 384 g/mol. The molecule has 2 aromatic heterocycles. The average Bonchev–Trinajstić information content (AvgIpc) is 3.25. The zero-order valence-electron chi connectivity index (χ0n) is 15.4. The molecule has 1 N–H and O–H groups in total. The number of halogens is 1. The van der Waals surface area contributed by atoms with Crippen molar-refractivity contribution in [2.24, 2.45) is 0 Å². The minimum Gasteiger partial charge on any atom is -0.469 e. The van der Waals surface area contributed by atoms with Gasteiger partial charge in [-0.05, 0) is 44.5 Å². The highest BCUT2D eigenvalue weighted by Gasteiger charge is 2.18. The largest absolute Gasteiger partial charge is 0.469 e. The summed E-state index contributed by atoms with van der Waals surface area (Å²) in [5.41, 5.74) is 1.88. The molecule has 0 aliphatic rings. The van der Waals surface area contributed by atoms with Crippen LogP contribution in [0.5, 0.6) is 0 Å². The fourth-order valence-corrected chi connectivity index (χ4v) is 3.78. The van der Waals surface area contributed by atoms with E-state index in [1.165, 1.54) is 11.8 Å². The number of amides is 1. The Morgan fingerprint density at radius 1 is 1.37 bits per heavy atom. The van der Waals surface area contributed by atoms with Gasteiger partial charge in [0.05, 0.1) is 23.6 Å². The Morgan fingerprint density at radius 3 is 2.85 bits per heavy atom. The molecule has 0 aliphatic carbocycles. The van der Waals surface area contributed by atoms with E-state index in [0.717, 1.165) is 22.7 Å². The van der Waals surface area contributed by atoms with Crippen LogP contribution in [0.15, 0.2) is 46.2 Å². The first-order valence-electron chi connectivity index (χ1n) is 8.65. The zero-order chi connectivity index (χ0) is 19.4. The molecule has 1 amide bonds. The van der Waals surface area contributed by atoms with E-state index in [-0.39, 0.29) is 17.7 Å². The van der Waals surface area contributed by atoms with Crippen LogP contribution in [-0.2, 0) is 11.3 Å². The first-order valence-corrected chi connectivity index (χ1v) is 10.0. The van der Waals surface area contributed by atoms with Gasteiger partial charge in [0.15, 0.2) is 11.0 Å². The summed E-state index contributed by atoms with van der Waals surface area (Å²) in [4.78, 5) is 12.3. The molecule has 142 valence electrons. The van der Waals surface area contributed by atoms with Crippen LogP contribution in [-0.4, -0.2) is 26.4 Å². The summed E-state index contributed by atoms with van der Waals surface area (Å²) < 4.78 is 7.34. The van der Waals surface area contributed by atoms with Crippen LogP contribution in [0.3, 0.4) is 0 Å². The fourth-order valence-electron chi connectivity index (χ4n) is 2.77. The Kier molecular flexibility index (Phi) is 6.23. The summed E-state index contributed by atoms with van der Waals surface area (Å²) >= 11 is 7.38. The average molecular weight is 405 g/mol. The van der Waals surface area contributed by atoms with Gasteiger partial charge in [-0.3, -0.25) is 4.79 Å². The van der Waals surface area contributed by atoms with Gasteiger partial charge in [0, 0.05) is 11.6 Å². The number of aromatic nitrogens is 3. The van der Waals surface area contributed by atoms with Crippen molar-refractivity contribution in [3.8, 4) is 11.4 Å². The minimum absolute atomic E-state index is 0.0702. The molecule has 27 heavy (non-hydrogen) atoms.